The van der Waals surface area contributed by atoms with Crippen LogP contribution in [0.1, 0.15) is 18.1 Å². The fraction of sp³-hybridized carbons (Fsp3) is 0.174. The quantitative estimate of drug-likeness (QED) is 0.309. The average Bonchev–Trinajstić information content (AvgIpc) is 2.78. The first kappa shape index (κ1) is 22.4. The van der Waals surface area contributed by atoms with E-state index in [-0.39, 0.29) is 17.8 Å². The number of hydrogen-bond donors (Lipinski definition) is 1. The molecule has 1 atom stereocenters. The summed E-state index contributed by atoms with van der Waals surface area (Å²) >= 11 is 0. The van der Waals surface area contributed by atoms with E-state index in [2.05, 4.69) is 10.3 Å². The minimum atomic E-state index is -1.08. The Morgan fingerprint density at radius 1 is 1.09 bits per heavy atom. The number of ether oxygens (including phenoxy) is 2. The summed E-state index contributed by atoms with van der Waals surface area (Å²) in [5, 5.41) is 13.3. The third kappa shape index (κ3) is 6.63. The molecular formula is C23H21N3O6. The summed E-state index contributed by atoms with van der Waals surface area (Å²) in [6.07, 6.45) is 2.27. The van der Waals surface area contributed by atoms with E-state index in [4.69, 9.17) is 9.47 Å². The van der Waals surface area contributed by atoms with Gasteiger partial charge in [0.25, 0.3) is 11.6 Å². The van der Waals surface area contributed by atoms with Gasteiger partial charge in [-0.25, -0.2) is 0 Å². The second-order valence-corrected chi connectivity index (χ2v) is 6.90. The Balaban J connectivity index is 1.51. The molecule has 9 nitrogen and oxygen atoms in total. The minimum Gasteiger partial charge on any atom is -0.489 e. The number of carbonyl (C=O) groups is 2. The van der Waals surface area contributed by atoms with Gasteiger partial charge in [0.15, 0.2) is 6.10 Å². The van der Waals surface area contributed by atoms with Crippen molar-refractivity contribution < 1.29 is 24.0 Å². The number of carbonyl (C=O) groups excluding carboxylic acids is 2. The molecule has 3 aromatic rings. The van der Waals surface area contributed by atoms with Crippen molar-refractivity contribution in [1.82, 2.24) is 4.98 Å². The summed E-state index contributed by atoms with van der Waals surface area (Å²) in [6.45, 7) is 1.77. The number of aromatic nitrogens is 1. The third-order valence-corrected chi connectivity index (χ3v) is 4.38. The van der Waals surface area contributed by atoms with Gasteiger partial charge < -0.3 is 14.8 Å². The van der Waals surface area contributed by atoms with Crippen LogP contribution in [0.5, 0.6) is 5.75 Å². The van der Waals surface area contributed by atoms with Gasteiger partial charge in [-0.15, -0.1) is 0 Å². The highest BCUT2D eigenvalue weighted by Gasteiger charge is 2.19. The SMILES string of the molecule is CC(OC(=O)Cc1cccc(OCc2cccnc2)c1)C(=O)Nc1cccc([N+](=O)[O-])c1. The first-order valence-electron chi connectivity index (χ1n) is 9.76. The Morgan fingerprint density at radius 3 is 2.62 bits per heavy atom. The van der Waals surface area contributed by atoms with E-state index in [1.807, 2.05) is 12.1 Å². The van der Waals surface area contributed by atoms with E-state index < -0.39 is 22.9 Å². The number of rotatable bonds is 9. The summed E-state index contributed by atoms with van der Waals surface area (Å²) in [6, 6.07) is 16.2. The van der Waals surface area contributed by atoms with Crippen LogP contribution in [0, 0.1) is 10.1 Å². The second kappa shape index (κ2) is 10.7. The van der Waals surface area contributed by atoms with Crippen LogP contribution in [0.3, 0.4) is 0 Å². The summed E-state index contributed by atoms with van der Waals surface area (Å²) in [5.41, 5.74) is 1.68. The van der Waals surface area contributed by atoms with Gasteiger partial charge in [0, 0.05) is 35.8 Å². The number of non-ortho nitro benzene ring substituents is 1. The van der Waals surface area contributed by atoms with Crippen molar-refractivity contribution in [3.63, 3.8) is 0 Å². The highest BCUT2D eigenvalue weighted by atomic mass is 16.6. The summed E-state index contributed by atoms with van der Waals surface area (Å²) in [5.74, 6) is -0.584. The summed E-state index contributed by atoms with van der Waals surface area (Å²) in [4.78, 5) is 38.9. The van der Waals surface area contributed by atoms with Gasteiger partial charge in [0.1, 0.15) is 12.4 Å². The van der Waals surface area contributed by atoms with Crippen LogP contribution >= 0.6 is 0 Å². The van der Waals surface area contributed by atoms with Crippen LogP contribution in [0.25, 0.3) is 0 Å². The fourth-order valence-electron chi connectivity index (χ4n) is 2.80. The monoisotopic (exact) mass is 435 g/mol. The lowest BCUT2D eigenvalue weighted by Crippen LogP contribution is -2.30. The zero-order valence-electron chi connectivity index (χ0n) is 17.3. The molecule has 0 spiro atoms. The number of nitrogens with one attached hydrogen (secondary N) is 1. The number of benzene rings is 2. The van der Waals surface area contributed by atoms with Crippen molar-refractivity contribution in [2.24, 2.45) is 0 Å². The van der Waals surface area contributed by atoms with E-state index in [1.54, 1.807) is 36.7 Å². The highest BCUT2D eigenvalue weighted by molar-refractivity contribution is 5.95. The Bertz CT molecular complexity index is 1100. The Labute approximate surface area is 184 Å². The lowest BCUT2D eigenvalue weighted by atomic mass is 10.1. The Hall–Kier alpha value is -4.27. The van der Waals surface area contributed by atoms with E-state index in [9.17, 15) is 19.7 Å². The molecule has 1 N–H and O–H groups in total. The van der Waals surface area contributed by atoms with Gasteiger partial charge in [-0.3, -0.25) is 24.7 Å². The van der Waals surface area contributed by atoms with Gasteiger partial charge in [-0.1, -0.05) is 24.3 Å². The first-order chi connectivity index (χ1) is 15.4. The van der Waals surface area contributed by atoms with E-state index in [0.29, 0.717) is 17.9 Å². The maximum atomic E-state index is 12.3. The van der Waals surface area contributed by atoms with Crippen molar-refractivity contribution in [2.75, 3.05) is 5.32 Å². The largest absolute Gasteiger partial charge is 0.489 e. The first-order valence-corrected chi connectivity index (χ1v) is 9.76. The van der Waals surface area contributed by atoms with Crippen molar-refractivity contribution in [3.05, 3.63) is 94.3 Å². The molecular weight excluding hydrogens is 414 g/mol. The molecule has 32 heavy (non-hydrogen) atoms. The molecule has 164 valence electrons. The lowest BCUT2D eigenvalue weighted by molar-refractivity contribution is -0.384. The van der Waals surface area contributed by atoms with Crippen molar-refractivity contribution in [2.45, 2.75) is 26.1 Å². The predicted octanol–water partition coefficient (Wildman–Crippen LogP) is 3.68. The molecule has 3 rings (SSSR count). The molecule has 0 fully saturated rings. The maximum Gasteiger partial charge on any atom is 0.311 e. The number of esters is 1. The molecule has 1 amide bonds. The number of pyridine rings is 1. The van der Waals surface area contributed by atoms with E-state index >= 15 is 0 Å². The number of nitrogens with zero attached hydrogens (tertiary/aromatic N) is 2. The number of hydrogen-bond acceptors (Lipinski definition) is 7. The number of nitro benzene ring substituents is 1. The highest BCUT2D eigenvalue weighted by Crippen LogP contribution is 2.18. The van der Waals surface area contributed by atoms with E-state index in [0.717, 1.165) is 5.56 Å². The molecule has 1 unspecified atom stereocenters. The molecule has 0 aliphatic rings. The molecule has 0 radical (unpaired) electrons. The van der Waals surface area contributed by atoms with E-state index in [1.165, 1.54) is 31.2 Å². The number of anilines is 1. The smallest absolute Gasteiger partial charge is 0.311 e. The summed E-state index contributed by atoms with van der Waals surface area (Å²) in [7, 11) is 0. The third-order valence-electron chi connectivity index (χ3n) is 4.38. The summed E-state index contributed by atoms with van der Waals surface area (Å²) < 4.78 is 10.9. The molecule has 0 aliphatic heterocycles. The van der Waals surface area contributed by atoms with Crippen LogP contribution in [0.15, 0.2) is 73.1 Å². The molecule has 0 saturated carbocycles. The zero-order valence-corrected chi connectivity index (χ0v) is 17.3. The van der Waals surface area contributed by atoms with Crippen LogP contribution in [0.2, 0.25) is 0 Å². The Morgan fingerprint density at radius 2 is 1.88 bits per heavy atom. The molecule has 9 heteroatoms. The molecule has 0 bridgehead atoms. The lowest BCUT2D eigenvalue weighted by Gasteiger charge is -2.14. The molecule has 1 heterocycles. The normalized spacial score (nSPS) is 11.3. The van der Waals surface area contributed by atoms with Crippen molar-refractivity contribution in [1.29, 1.82) is 0 Å². The Kier molecular flexibility index (Phi) is 7.47. The van der Waals surface area contributed by atoms with Gasteiger partial charge in [-0.05, 0) is 36.8 Å². The minimum absolute atomic E-state index is 0.0431. The van der Waals surface area contributed by atoms with Crippen molar-refractivity contribution >= 4 is 23.3 Å². The van der Waals surface area contributed by atoms with Crippen LogP contribution in [0.4, 0.5) is 11.4 Å². The standard InChI is InChI=1S/C23H21N3O6/c1-16(23(28)25-19-7-3-8-20(13-19)26(29)30)32-22(27)12-17-5-2-9-21(11-17)31-15-18-6-4-10-24-14-18/h2-11,13-14,16H,12,15H2,1H3,(H,25,28). The molecule has 1 aromatic heterocycles. The van der Waals surface area contributed by atoms with Crippen LogP contribution in [-0.4, -0.2) is 27.9 Å². The second-order valence-electron chi connectivity index (χ2n) is 6.90. The van der Waals surface area contributed by atoms with Gasteiger partial charge in [-0.2, -0.15) is 0 Å². The molecule has 2 aromatic carbocycles. The van der Waals surface area contributed by atoms with Crippen LogP contribution < -0.4 is 10.1 Å². The topological polar surface area (TPSA) is 121 Å². The molecule has 0 saturated heterocycles. The predicted molar refractivity (Wildman–Crippen MR) is 116 cm³/mol. The maximum absolute atomic E-state index is 12.3. The van der Waals surface area contributed by atoms with Gasteiger partial charge >= 0.3 is 5.97 Å². The number of amides is 1. The average molecular weight is 435 g/mol. The van der Waals surface area contributed by atoms with Crippen LogP contribution in [-0.2, 0) is 27.4 Å². The van der Waals surface area contributed by atoms with Gasteiger partial charge in [0.2, 0.25) is 0 Å². The van der Waals surface area contributed by atoms with Gasteiger partial charge in [0.05, 0.1) is 11.3 Å². The van der Waals surface area contributed by atoms with Crippen molar-refractivity contribution in [3.8, 4) is 5.75 Å². The number of nitro groups is 1. The zero-order chi connectivity index (χ0) is 22.9. The fourth-order valence-corrected chi connectivity index (χ4v) is 2.80. The molecule has 0 aliphatic carbocycles.